The van der Waals surface area contributed by atoms with E-state index < -0.39 is 0 Å². The van der Waals surface area contributed by atoms with E-state index in [9.17, 15) is 4.79 Å². The summed E-state index contributed by atoms with van der Waals surface area (Å²) in [4.78, 5) is 13.1. The second kappa shape index (κ2) is 4.43. The molecule has 1 amide bonds. The van der Waals surface area contributed by atoms with Gasteiger partial charge in [0.1, 0.15) is 5.75 Å². The quantitative estimate of drug-likeness (QED) is 0.726. The van der Waals surface area contributed by atoms with E-state index >= 15 is 0 Å². The molecule has 1 heterocycles. The van der Waals surface area contributed by atoms with Gasteiger partial charge in [-0.3, -0.25) is 0 Å². The van der Waals surface area contributed by atoms with Crippen LogP contribution in [0.3, 0.4) is 0 Å². The average Bonchev–Trinajstić information content (AvgIpc) is 2.36. The molecule has 0 aromatic heterocycles. The molecule has 0 atom stereocenters. The highest BCUT2D eigenvalue weighted by Crippen LogP contribution is 2.23. The number of hydrogen-bond donors (Lipinski definition) is 0. The fraction of sp³-hybridized carbons (Fsp3) is 0.417. The van der Waals surface area contributed by atoms with Crippen LogP contribution >= 0.6 is 0 Å². The predicted octanol–water partition coefficient (Wildman–Crippen LogP) is 1.82. The van der Waals surface area contributed by atoms with Crippen LogP contribution in [0.1, 0.15) is 11.1 Å². The van der Waals surface area contributed by atoms with E-state index in [2.05, 4.69) is 0 Å². The molecule has 0 radical (unpaired) electrons. The van der Waals surface area contributed by atoms with Crippen LogP contribution in [-0.2, 0) is 17.7 Å². The van der Waals surface area contributed by atoms with Gasteiger partial charge in [-0.05, 0) is 29.7 Å². The monoisotopic (exact) mass is 221 g/mol. The Kier molecular flexibility index (Phi) is 2.99. The Bertz CT molecular complexity index is 403. The number of amides is 1. The highest BCUT2D eigenvalue weighted by molar-refractivity contribution is 5.68. The number of hydrogen-bond acceptors (Lipinski definition) is 3. The van der Waals surface area contributed by atoms with Gasteiger partial charge in [0.05, 0.1) is 14.2 Å². The lowest BCUT2D eigenvalue weighted by molar-refractivity contribution is 0.118. The van der Waals surface area contributed by atoms with Gasteiger partial charge in [-0.15, -0.1) is 0 Å². The number of nitrogens with zero attached hydrogens (tertiary/aromatic N) is 1. The van der Waals surface area contributed by atoms with Crippen molar-refractivity contribution in [3.63, 3.8) is 0 Å². The van der Waals surface area contributed by atoms with Crippen molar-refractivity contribution in [3.05, 3.63) is 29.3 Å². The van der Waals surface area contributed by atoms with Crippen molar-refractivity contribution in [3.8, 4) is 5.75 Å². The maximum atomic E-state index is 11.4. The number of rotatable bonds is 1. The summed E-state index contributed by atoms with van der Waals surface area (Å²) in [7, 11) is 3.07. The van der Waals surface area contributed by atoms with Crippen LogP contribution in [0.2, 0.25) is 0 Å². The Morgan fingerprint density at radius 1 is 1.31 bits per heavy atom. The molecular formula is C12H15NO3. The Labute approximate surface area is 94.8 Å². The predicted molar refractivity (Wildman–Crippen MR) is 59.5 cm³/mol. The van der Waals surface area contributed by atoms with Crippen molar-refractivity contribution in [1.82, 2.24) is 4.90 Å². The van der Waals surface area contributed by atoms with Gasteiger partial charge in [-0.25, -0.2) is 4.79 Å². The minimum absolute atomic E-state index is 0.263. The van der Waals surface area contributed by atoms with E-state index in [0.29, 0.717) is 13.1 Å². The third-order valence-electron chi connectivity index (χ3n) is 2.86. The van der Waals surface area contributed by atoms with Crippen LogP contribution in [0.15, 0.2) is 18.2 Å². The zero-order chi connectivity index (χ0) is 11.5. The molecule has 0 bridgehead atoms. The van der Waals surface area contributed by atoms with Crippen LogP contribution in [0.25, 0.3) is 0 Å². The second-order valence-corrected chi connectivity index (χ2v) is 3.78. The zero-order valence-corrected chi connectivity index (χ0v) is 9.53. The first kappa shape index (κ1) is 10.8. The Morgan fingerprint density at radius 2 is 2.12 bits per heavy atom. The van der Waals surface area contributed by atoms with Crippen molar-refractivity contribution < 1.29 is 14.3 Å². The van der Waals surface area contributed by atoms with Crippen molar-refractivity contribution in [1.29, 1.82) is 0 Å². The molecule has 1 aliphatic rings. The van der Waals surface area contributed by atoms with E-state index in [4.69, 9.17) is 9.47 Å². The summed E-state index contributed by atoms with van der Waals surface area (Å²) in [6.07, 6.45) is 0.586. The van der Waals surface area contributed by atoms with Crippen LogP contribution < -0.4 is 4.74 Å². The van der Waals surface area contributed by atoms with E-state index in [1.54, 1.807) is 12.0 Å². The molecule has 4 heteroatoms. The molecule has 4 nitrogen and oxygen atoms in total. The van der Waals surface area contributed by atoms with Crippen LogP contribution in [0.5, 0.6) is 5.75 Å². The molecule has 16 heavy (non-hydrogen) atoms. The minimum atomic E-state index is -0.263. The van der Waals surface area contributed by atoms with Crippen LogP contribution in [0, 0.1) is 0 Å². The fourth-order valence-corrected chi connectivity index (χ4v) is 1.94. The molecule has 1 aromatic carbocycles. The molecule has 0 fully saturated rings. The van der Waals surface area contributed by atoms with Gasteiger partial charge >= 0.3 is 6.09 Å². The fourth-order valence-electron chi connectivity index (χ4n) is 1.94. The molecule has 0 saturated heterocycles. The Morgan fingerprint density at radius 3 is 2.81 bits per heavy atom. The Hall–Kier alpha value is -1.71. The maximum absolute atomic E-state index is 11.4. The number of carbonyl (C=O) groups is 1. The van der Waals surface area contributed by atoms with E-state index in [1.165, 1.54) is 12.7 Å². The summed E-state index contributed by atoms with van der Waals surface area (Å²) < 4.78 is 9.88. The number of ether oxygens (including phenoxy) is 2. The number of fused-ring (bicyclic) bond motifs is 1. The zero-order valence-electron chi connectivity index (χ0n) is 9.53. The smallest absolute Gasteiger partial charge is 0.409 e. The lowest BCUT2D eigenvalue weighted by atomic mass is 10.00. The number of benzene rings is 1. The summed E-state index contributed by atoms with van der Waals surface area (Å²) in [6, 6.07) is 5.95. The van der Waals surface area contributed by atoms with Crippen molar-refractivity contribution in [2.24, 2.45) is 0 Å². The molecular weight excluding hydrogens is 206 g/mol. The summed E-state index contributed by atoms with van der Waals surface area (Å²) >= 11 is 0. The van der Waals surface area contributed by atoms with Crippen molar-refractivity contribution in [2.75, 3.05) is 20.8 Å². The van der Waals surface area contributed by atoms with Gasteiger partial charge in [-0.1, -0.05) is 6.07 Å². The molecule has 2 rings (SSSR count). The van der Waals surface area contributed by atoms with Gasteiger partial charge in [0.2, 0.25) is 0 Å². The standard InChI is InChI=1S/C12H15NO3/c1-15-11-4-3-10-8-13(12(14)16-2)6-5-9(10)7-11/h3-4,7H,5-6,8H2,1-2H3. The molecule has 86 valence electrons. The minimum Gasteiger partial charge on any atom is -0.497 e. The maximum Gasteiger partial charge on any atom is 0.409 e. The van der Waals surface area contributed by atoms with E-state index in [0.717, 1.165) is 17.7 Å². The highest BCUT2D eigenvalue weighted by atomic mass is 16.5. The normalized spacial score (nSPS) is 14.2. The largest absolute Gasteiger partial charge is 0.497 e. The van der Waals surface area contributed by atoms with E-state index in [-0.39, 0.29) is 6.09 Å². The van der Waals surface area contributed by atoms with Crippen molar-refractivity contribution in [2.45, 2.75) is 13.0 Å². The SMILES string of the molecule is COC(=O)N1CCc2cc(OC)ccc2C1. The lowest BCUT2D eigenvalue weighted by Gasteiger charge is -2.27. The average molecular weight is 221 g/mol. The Balaban J connectivity index is 2.18. The first-order valence-electron chi connectivity index (χ1n) is 5.23. The third kappa shape index (κ3) is 1.96. The highest BCUT2D eigenvalue weighted by Gasteiger charge is 2.21. The first-order valence-corrected chi connectivity index (χ1v) is 5.23. The van der Waals surface area contributed by atoms with Gasteiger partial charge in [0.25, 0.3) is 0 Å². The first-order chi connectivity index (χ1) is 7.74. The van der Waals surface area contributed by atoms with Gasteiger partial charge in [0.15, 0.2) is 0 Å². The summed E-state index contributed by atoms with van der Waals surface area (Å²) in [5, 5.41) is 0. The summed E-state index contributed by atoms with van der Waals surface area (Å²) in [6.45, 7) is 1.32. The number of carbonyl (C=O) groups excluding carboxylic acids is 1. The van der Waals surface area contributed by atoms with E-state index in [1.807, 2.05) is 18.2 Å². The van der Waals surface area contributed by atoms with Crippen molar-refractivity contribution >= 4 is 6.09 Å². The topological polar surface area (TPSA) is 38.8 Å². The molecule has 0 saturated carbocycles. The molecule has 0 unspecified atom stereocenters. The summed E-state index contributed by atoms with van der Waals surface area (Å²) in [5.41, 5.74) is 2.41. The molecule has 0 N–H and O–H groups in total. The number of methoxy groups -OCH3 is 2. The second-order valence-electron chi connectivity index (χ2n) is 3.78. The van der Waals surface area contributed by atoms with Crippen LogP contribution in [-0.4, -0.2) is 31.8 Å². The molecule has 0 aliphatic carbocycles. The lowest BCUT2D eigenvalue weighted by Crippen LogP contribution is -2.35. The summed E-state index contributed by atoms with van der Waals surface area (Å²) in [5.74, 6) is 0.866. The molecule has 1 aliphatic heterocycles. The van der Waals surface area contributed by atoms with Gasteiger partial charge < -0.3 is 14.4 Å². The van der Waals surface area contributed by atoms with Gasteiger partial charge in [0, 0.05) is 13.1 Å². The third-order valence-corrected chi connectivity index (χ3v) is 2.86. The molecule has 0 spiro atoms. The van der Waals surface area contributed by atoms with Gasteiger partial charge in [-0.2, -0.15) is 0 Å². The molecule has 1 aromatic rings. The van der Waals surface area contributed by atoms with Crippen LogP contribution in [0.4, 0.5) is 4.79 Å².